The van der Waals surface area contributed by atoms with Crippen LogP contribution in [-0.4, -0.2) is 30.4 Å². The van der Waals surface area contributed by atoms with Crippen molar-refractivity contribution in [3.05, 3.63) is 0 Å². The average molecular weight is 143 g/mol. The Hall–Kier alpha value is -0.570. The highest BCUT2D eigenvalue weighted by Gasteiger charge is 2.01. The van der Waals surface area contributed by atoms with E-state index in [0.717, 1.165) is 6.54 Å². The molecule has 0 heterocycles. The van der Waals surface area contributed by atoms with E-state index < -0.39 is 0 Å². The van der Waals surface area contributed by atoms with Crippen LogP contribution in [0.25, 0.3) is 0 Å². The van der Waals surface area contributed by atoms with Gasteiger partial charge in [-0.05, 0) is 20.9 Å². The molecule has 3 nitrogen and oxygen atoms in total. The Morgan fingerprint density at radius 1 is 1.60 bits per heavy atom. The molecule has 60 valence electrons. The van der Waals surface area contributed by atoms with E-state index in [0.29, 0.717) is 12.5 Å². The molecule has 0 radical (unpaired) electrons. The first-order valence-electron chi connectivity index (χ1n) is 3.57. The first-order valence-corrected chi connectivity index (χ1v) is 3.57. The van der Waals surface area contributed by atoms with Gasteiger partial charge in [0.05, 0.1) is 5.84 Å². The Kier molecular flexibility index (Phi) is 4.03. The van der Waals surface area contributed by atoms with Crippen LogP contribution in [0.15, 0.2) is 0 Å². The van der Waals surface area contributed by atoms with Crippen LogP contribution in [0.1, 0.15) is 20.3 Å². The van der Waals surface area contributed by atoms with Crippen LogP contribution < -0.4 is 5.73 Å². The summed E-state index contributed by atoms with van der Waals surface area (Å²) < 4.78 is 0. The van der Waals surface area contributed by atoms with Crippen molar-refractivity contribution in [1.29, 1.82) is 5.41 Å². The van der Waals surface area contributed by atoms with Gasteiger partial charge in [-0.3, -0.25) is 5.41 Å². The van der Waals surface area contributed by atoms with Crippen LogP contribution in [0, 0.1) is 5.41 Å². The van der Waals surface area contributed by atoms with E-state index in [-0.39, 0.29) is 5.84 Å². The number of amidine groups is 1. The summed E-state index contributed by atoms with van der Waals surface area (Å²) in [5.74, 6) is 0.271. The molecule has 0 aliphatic rings. The van der Waals surface area contributed by atoms with Crippen LogP contribution in [0.3, 0.4) is 0 Å². The molecule has 0 aromatic heterocycles. The molecule has 0 rings (SSSR count). The van der Waals surface area contributed by atoms with E-state index in [1.165, 1.54) is 0 Å². The topological polar surface area (TPSA) is 53.1 Å². The molecule has 3 heteroatoms. The van der Waals surface area contributed by atoms with Crippen molar-refractivity contribution in [2.75, 3.05) is 13.6 Å². The molecular formula is C7H17N3. The van der Waals surface area contributed by atoms with Crippen LogP contribution >= 0.6 is 0 Å². The van der Waals surface area contributed by atoms with Crippen molar-refractivity contribution in [2.45, 2.75) is 26.3 Å². The smallest absolute Gasteiger partial charge is 0.0918 e. The van der Waals surface area contributed by atoms with E-state index in [1.807, 2.05) is 7.05 Å². The zero-order valence-corrected chi connectivity index (χ0v) is 7.02. The maximum Gasteiger partial charge on any atom is 0.0918 e. The third kappa shape index (κ3) is 4.32. The molecule has 0 saturated carbocycles. The monoisotopic (exact) mass is 143 g/mol. The molecule has 0 bridgehead atoms. The molecule has 0 aromatic rings. The fourth-order valence-electron chi connectivity index (χ4n) is 0.555. The zero-order valence-electron chi connectivity index (χ0n) is 7.02. The summed E-state index contributed by atoms with van der Waals surface area (Å²) in [4.78, 5) is 2.17. The summed E-state index contributed by atoms with van der Waals surface area (Å²) in [5, 5.41) is 6.98. The number of nitrogens with two attached hydrogens (primary N) is 1. The highest BCUT2D eigenvalue weighted by Crippen LogP contribution is 1.93. The minimum Gasteiger partial charge on any atom is -0.388 e. The van der Waals surface area contributed by atoms with Crippen molar-refractivity contribution in [3.8, 4) is 0 Å². The average Bonchev–Trinajstić information content (AvgIpc) is 1.82. The van der Waals surface area contributed by atoms with E-state index in [1.54, 1.807) is 0 Å². The van der Waals surface area contributed by atoms with Crippen molar-refractivity contribution in [3.63, 3.8) is 0 Å². The molecule has 0 aliphatic carbocycles. The van der Waals surface area contributed by atoms with Crippen molar-refractivity contribution < 1.29 is 0 Å². The molecule has 10 heavy (non-hydrogen) atoms. The number of hydrogen-bond acceptors (Lipinski definition) is 2. The molecule has 0 aromatic carbocycles. The summed E-state index contributed by atoms with van der Waals surface area (Å²) >= 11 is 0. The van der Waals surface area contributed by atoms with Gasteiger partial charge in [-0.1, -0.05) is 0 Å². The van der Waals surface area contributed by atoms with Gasteiger partial charge in [-0.25, -0.2) is 0 Å². The maximum atomic E-state index is 6.98. The standard InChI is InChI=1S/C7H17N3/c1-6(2)10(3)5-4-7(8)9/h6H,4-5H2,1-3H3,(H3,8,9). The fraction of sp³-hybridized carbons (Fsp3) is 0.857. The SMILES string of the molecule is CC(C)N(C)CCC(=N)N. The van der Waals surface area contributed by atoms with Gasteiger partial charge in [0.25, 0.3) is 0 Å². The van der Waals surface area contributed by atoms with Gasteiger partial charge in [0, 0.05) is 19.0 Å². The summed E-state index contributed by atoms with van der Waals surface area (Å²) in [6, 6.07) is 0.541. The highest BCUT2D eigenvalue weighted by atomic mass is 15.1. The van der Waals surface area contributed by atoms with Crippen molar-refractivity contribution in [2.24, 2.45) is 5.73 Å². The third-order valence-electron chi connectivity index (χ3n) is 1.62. The molecule has 0 aliphatic heterocycles. The van der Waals surface area contributed by atoms with Crippen LogP contribution in [0.4, 0.5) is 0 Å². The Labute approximate surface area is 62.7 Å². The van der Waals surface area contributed by atoms with Gasteiger partial charge < -0.3 is 10.6 Å². The Balaban J connectivity index is 3.39. The lowest BCUT2D eigenvalue weighted by atomic mass is 10.3. The quantitative estimate of drug-likeness (QED) is 0.448. The predicted molar refractivity (Wildman–Crippen MR) is 44.3 cm³/mol. The Bertz CT molecular complexity index is 109. The Morgan fingerprint density at radius 2 is 2.10 bits per heavy atom. The second-order valence-corrected chi connectivity index (χ2v) is 2.85. The minimum absolute atomic E-state index is 0.271. The molecule has 3 N–H and O–H groups in total. The number of hydrogen-bond donors (Lipinski definition) is 2. The van der Waals surface area contributed by atoms with Gasteiger partial charge in [-0.2, -0.15) is 0 Å². The molecular weight excluding hydrogens is 126 g/mol. The molecule has 0 amide bonds. The molecule has 0 saturated heterocycles. The van der Waals surface area contributed by atoms with Gasteiger partial charge in [0.15, 0.2) is 0 Å². The van der Waals surface area contributed by atoms with E-state index >= 15 is 0 Å². The van der Waals surface area contributed by atoms with E-state index in [4.69, 9.17) is 11.1 Å². The van der Waals surface area contributed by atoms with Crippen LogP contribution in [-0.2, 0) is 0 Å². The second kappa shape index (κ2) is 4.28. The minimum atomic E-state index is 0.271. The Morgan fingerprint density at radius 3 is 2.40 bits per heavy atom. The van der Waals surface area contributed by atoms with Crippen molar-refractivity contribution >= 4 is 5.84 Å². The molecule has 0 spiro atoms. The van der Waals surface area contributed by atoms with Gasteiger partial charge in [0.1, 0.15) is 0 Å². The highest BCUT2D eigenvalue weighted by molar-refractivity contribution is 5.76. The lowest BCUT2D eigenvalue weighted by molar-refractivity contribution is 0.281. The largest absolute Gasteiger partial charge is 0.388 e. The molecule has 0 unspecified atom stereocenters. The molecule has 0 fully saturated rings. The van der Waals surface area contributed by atoms with E-state index in [2.05, 4.69) is 18.7 Å². The second-order valence-electron chi connectivity index (χ2n) is 2.85. The van der Waals surface area contributed by atoms with Crippen LogP contribution in [0.5, 0.6) is 0 Å². The predicted octanol–water partition coefficient (Wildman–Crippen LogP) is 0.653. The zero-order chi connectivity index (χ0) is 8.15. The maximum absolute atomic E-state index is 6.98. The summed E-state index contributed by atoms with van der Waals surface area (Å²) in [5.41, 5.74) is 5.20. The summed E-state index contributed by atoms with van der Waals surface area (Å²) in [6.45, 7) is 5.13. The van der Waals surface area contributed by atoms with E-state index in [9.17, 15) is 0 Å². The molecule has 0 atom stereocenters. The third-order valence-corrected chi connectivity index (χ3v) is 1.62. The van der Waals surface area contributed by atoms with Gasteiger partial charge in [0.2, 0.25) is 0 Å². The first-order chi connectivity index (χ1) is 4.54. The lowest BCUT2D eigenvalue weighted by Crippen LogP contribution is -2.29. The first kappa shape index (κ1) is 9.43. The number of nitrogens with zero attached hydrogens (tertiary/aromatic N) is 1. The fourth-order valence-corrected chi connectivity index (χ4v) is 0.555. The summed E-state index contributed by atoms with van der Waals surface area (Å²) in [6.07, 6.45) is 0.675. The number of nitrogens with one attached hydrogen (secondary N) is 1. The van der Waals surface area contributed by atoms with Gasteiger partial charge >= 0.3 is 0 Å². The number of rotatable bonds is 4. The van der Waals surface area contributed by atoms with Crippen LogP contribution in [0.2, 0.25) is 0 Å². The normalized spacial score (nSPS) is 10.9. The lowest BCUT2D eigenvalue weighted by Gasteiger charge is -2.19. The van der Waals surface area contributed by atoms with Gasteiger partial charge in [-0.15, -0.1) is 0 Å². The van der Waals surface area contributed by atoms with Crippen molar-refractivity contribution in [1.82, 2.24) is 4.90 Å². The summed E-state index contributed by atoms with van der Waals surface area (Å²) in [7, 11) is 2.04.